The summed E-state index contributed by atoms with van der Waals surface area (Å²) in [4.78, 5) is 19.9. The lowest BCUT2D eigenvalue weighted by Crippen LogP contribution is -2.23. The van der Waals surface area contributed by atoms with Crippen LogP contribution in [0.1, 0.15) is 5.56 Å². The summed E-state index contributed by atoms with van der Waals surface area (Å²) >= 11 is 5.73. The zero-order valence-corrected chi connectivity index (χ0v) is 19.0. The predicted octanol–water partition coefficient (Wildman–Crippen LogP) is 5.26. The monoisotopic (exact) mass is 483 g/mol. The van der Waals surface area contributed by atoms with Gasteiger partial charge in [0.1, 0.15) is 23.1 Å². The third kappa shape index (κ3) is 5.13. The Balaban J connectivity index is 1.68. The van der Waals surface area contributed by atoms with Crippen molar-refractivity contribution in [1.82, 2.24) is 9.97 Å². The van der Waals surface area contributed by atoms with Crippen LogP contribution in [0.15, 0.2) is 77.8 Å². The molecule has 0 fully saturated rings. The van der Waals surface area contributed by atoms with Crippen molar-refractivity contribution in [2.45, 2.75) is 11.9 Å². The van der Waals surface area contributed by atoms with E-state index < -0.39 is 27.3 Å². The van der Waals surface area contributed by atoms with Crippen molar-refractivity contribution in [3.63, 3.8) is 0 Å². The van der Waals surface area contributed by atoms with Crippen LogP contribution < -0.4 is 5.32 Å². The van der Waals surface area contributed by atoms with Crippen LogP contribution in [-0.4, -0.2) is 30.0 Å². The van der Waals surface area contributed by atoms with E-state index in [0.29, 0.717) is 17.0 Å². The molecule has 6 nitrogen and oxygen atoms in total. The molecule has 0 bridgehead atoms. The van der Waals surface area contributed by atoms with Crippen molar-refractivity contribution in [3.05, 3.63) is 89.2 Å². The summed E-state index contributed by atoms with van der Waals surface area (Å²) < 4.78 is 39.8. The summed E-state index contributed by atoms with van der Waals surface area (Å²) in [5.41, 5.74) is 2.78. The second-order valence-corrected chi connectivity index (χ2v) is 9.76. The van der Waals surface area contributed by atoms with Crippen molar-refractivity contribution in [3.8, 4) is 22.6 Å². The highest BCUT2D eigenvalue weighted by Crippen LogP contribution is 2.30. The van der Waals surface area contributed by atoms with Gasteiger partial charge in [-0.25, -0.2) is 17.8 Å². The maximum Gasteiger partial charge on any atom is 0.240 e. The molecule has 3 aromatic carbocycles. The number of H-pyrrole nitrogens is 1. The standard InChI is InChI=1S/C24H19ClFN3O3S/c1-15-7-9-17(10-8-15)23-28-22(16-5-3-2-4-6-16)24(29-23)33(31,32)14-21(30)27-18-11-12-20(26)19(25)13-18/h2-13H,14H2,1H3,(H,27,30)(H,28,29). The normalized spacial score (nSPS) is 11.4. The number of aromatic nitrogens is 2. The lowest BCUT2D eigenvalue weighted by Gasteiger charge is -2.07. The number of carbonyl (C=O) groups is 1. The molecule has 1 amide bonds. The molecule has 33 heavy (non-hydrogen) atoms. The predicted molar refractivity (Wildman–Crippen MR) is 126 cm³/mol. The Morgan fingerprint density at radius 3 is 2.39 bits per heavy atom. The van der Waals surface area contributed by atoms with Crippen LogP contribution in [0, 0.1) is 12.7 Å². The van der Waals surface area contributed by atoms with Crippen LogP contribution in [0.5, 0.6) is 0 Å². The molecule has 4 rings (SSSR count). The average Bonchev–Trinajstić information content (AvgIpc) is 3.24. The number of anilines is 1. The Labute approximate surface area is 195 Å². The molecule has 0 saturated heterocycles. The number of imidazole rings is 1. The first-order valence-corrected chi connectivity index (χ1v) is 12.0. The molecule has 0 radical (unpaired) electrons. The van der Waals surface area contributed by atoms with Gasteiger partial charge in [0, 0.05) is 16.8 Å². The SMILES string of the molecule is Cc1ccc(-c2nc(-c3ccccc3)c(S(=O)(=O)CC(=O)Nc3ccc(F)c(Cl)c3)[nH]2)cc1. The first kappa shape index (κ1) is 22.7. The largest absolute Gasteiger partial charge is 0.329 e. The summed E-state index contributed by atoms with van der Waals surface area (Å²) in [6, 6.07) is 19.9. The molecule has 1 aromatic heterocycles. The number of hydrogen-bond acceptors (Lipinski definition) is 4. The molecule has 0 aliphatic carbocycles. The molecule has 0 atom stereocenters. The van der Waals surface area contributed by atoms with Crippen molar-refractivity contribution in [2.24, 2.45) is 0 Å². The quantitative estimate of drug-likeness (QED) is 0.391. The van der Waals surface area contributed by atoms with Crippen LogP contribution in [0.2, 0.25) is 5.02 Å². The number of aryl methyl sites for hydroxylation is 1. The smallest absolute Gasteiger partial charge is 0.240 e. The van der Waals surface area contributed by atoms with Gasteiger partial charge in [0.25, 0.3) is 0 Å². The van der Waals surface area contributed by atoms with Crippen LogP contribution in [0.3, 0.4) is 0 Å². The fourth-order valence-electron chi connectivity index (χ4n) is 3.24. The van der Waals surface area contributed by atoms with E-state index >= 15 is 0 Å². The van der Waals surface area contributed by atoms with Crippen LogP contribution >= 0.6 is 11.6 Å². The van der Waals surface area contributed by atoms with E-state index in [1.54, 1.807) is 24.3 Å². The minimum absolute atomic E-state index is 0.156. The molecule has 1 heterocycles. The number of amides is 1. The molecule has 9 heteroatoms. The zero-order valence-electron chi connectivity index (χ0n) is 17.5. The number of benzene rings is 3. The van der Waals surface area contributed by atoms with E-state index in [2.05, 4.69) is 15.3 Å². The first-order valence-electron chi connectivity index (χ1n) is 9.93. The number of nitrogens with zero attached hydrogens (tertiary/aromatic N) is 1. The lowest BCUT2D eigenvalue weighted by atomic mass is 10.1. The van der Waals surface area contributed by atoms with Crippen molar-refractivity contribution in [1.29, 1.82) is 0 Å². The van der Waals surface area contributed by atoms with Gasteiger partial charge in [0.2, 0.25) is 15.7 Å². The summed E-state index contributed by atoms with van der Waals surface area (Å²) in [6.45, 7) is 1.95. The average molecular weight is 484 g/mol. The van der Waals surface area contributed by atoms with E-state index in [9.17, 15) is 17.6 Å². The molecule has 0 aliphatic heterocycles. The number of hydrogen-bond donors (Lipinski definition) is 2. The van der Waals surface area contributed by atoms with E-state index in [1.807, 2.05) is 37.3 Å². The minimum Gasteiger partial charge on any atom is -0.329 e. The Morgan fingerprint density at radius 1 is 1.03 bits per heavy atom. The van der Waals surface area contributed by atoms with E-state index in [0.717, 1.165) is 11.6 Å². The second kappa shape index (κ2) is 9.17. The van der Waals surface area contributed by atoms with Gasteiger partial charge in [-0.3, -0.25) is 4.79 Å². The van der Waals surface area contributed by atoms with E-state index in [1.165, 1.54) is 12.1 Å². The van der Waals surface area contributed by atoms with Crippen LogP contribution in [0.4, 0.5) is 10.1 Å². The Kier molecular flexibility index (Phi) is 6.31. The maximum absolute atomic E-state index is 13.3. The van der Waals surface area contributed by atoms with Crippen molar-refractivity contribution >= 4 is 33.0 Å². The molecule has 0 saturated carbocycles. The van der Waals surface area contributed by atoms with Crippen molar-refractivity contribution in [2.75, 3.05) is 11.1 Å². The topological polar surface area (TPSA) is 91.9 Å². The van der Waals surface area contributed by atoms with Gasteiger partial charge in [0.15, 0.2) is 5.03 Å². The van der Waals surface area contributed by atoms with Gasteiger partial charge < -0.3 is 10.3 Å². The zero-order chi connectivity index (χ0) is 23.6. The second-order valence-electron chi connectivity index (χ2n) is 7.43. The van der Waals surface area contributed by atoms with E-state index in [-0.39, 0.29) is 21.4 Å². The van der Waals surface area contributed by atoms with Gasteiger partial charge in [0.05, 0.1) is 5.02 Å². The third-order valence-electron chi connectivity index (χ3n) is 4.88. The Morgan fingerprint density at radius 2 is 1.73 bits per heavy atom. The molecular formula is C24H19ClFN3O3S. The van der Waals surface area contributed by atoms with Crippen LogP contribution in [0.25, 0.3) is 22.6 Å². The fraction of sp³-hybridized carbons (Fsp3) is 0.0833. The van der Waals surface area contributed by atoms with Gasteiger partial charge in [-0.15, -0.1) is 0 Å². The van der Waals surface area contributed by atoms with Gasteiger partial charge in [-0.2, -0.15) is 0 Å². The molecule has 2 N–H and O–H groups in total. The molecule has 0 spiro atoms. The third-order valence-corrected chi connectivity index (χ3v) is 6.73. The highest BCUT2D eigenvalue weighted by Gasteiger charge is 2.27. The highest BCUT2D eigenvalue weighted by molar-refractivity contribution is 7.92. The van der Waals surface area contributed by atoms with Gasteiger partial charge >= 0.3 is 0 Å². The number of sulfone groups is 1. The van der Waals surface area contributed by atoms with Crippen molar-refractivity contribution < 1.29 is 17.6 Å². The number of halogens is 2. The Bertz CT molecular complexity index is 1420. The first-order chi connectivity index (χ1) is 15.7. The molecule has 0 unspecified atom stereocenters. The number of nitrogens with one attached hydrogen (secondary N) is 2. The van der Waals surface area contributed by atoms with Gasteiger partial charge in [-0.1, -0.05) is 71.8 Å². The van der Waals surface area contributed by atoms with Crippen LogP contribution in [-0.2, 0) is 14.6 Å². The minimum atomic E-state index is -4.11. The number of aromatic amines is 1. The lowest BCUT2D eigenvalue weighted by molar-refractivity contribution is -0.113. The van der Waals surface area contributed by atoms with E-state index in [4.69, 9.17) is 11.6 Å². The number of carbonyl (C=O) groups excluding carboxylic acids is 1. The molecule has 0 aliphatic rings. The Hall–Kier alpha value is -3.49. The number of rotatable bonds is 6. The summed E-state index contributed by atoms with van der Waals surface area (Å²) in [5.74, 6) is -1.89. The molecule has 4 aromatic rings. The fourth-order valence-corrected chi connectivity index (χ4v) is 4.69. The summed E-state index contributed by atoms with van der Waals surface area (Å²) in [6.07, 6.45) is 0. The summed E-state index contributed by atoms with van der Waals surface area (Å²) in [5, 5.41) is 2.10. The molecular weight excluding hydrogens is 465 g/mol. The summed E-state index contributed by atoms with van der Waals surface area (Å²) in [7, 11) is -4.11. The molecule has 168 valence electrons. The highest BCUT2D eigenvalue weighted by atomic mass is 35.5. The maximum atomic E-state index is 13.3. The van der Waals surface area contributed by atoms with Gasteiger partial charge in [-0.05, 0) is 25.1 Å².